The Morgan fingerprint density at radius 2 is 1.82 bits per heavy atom. The van der Waals surface area contributed by atoms with Crippen LogP contribution in [0, 0.1) is 12.8 Å². The number of rotatable bonds is 7. The first-order valence-corrected chi connectivity index (χ1v) is 11.6. The fourth-order valence-electron chi connectivity index (χ4n) is 4.93. The van der Waals surface area contributed by atoms with E-state index in [4.69, 9.17) is 14.6 Å². The normalized spacial score (nSPS) is 20.0. The number of benzene rings is 3. The van der Waals surface area contributed by atoms with Crippen LogP contribution in [-0.2, 0) is 13.2 Å². The number of hydrogen-bond acceptors (Lipinski definition) is 5. The molecule has 5 rings (SSSR count). The molecule has 0 saturated carbocycles. The molecule has 2 atom stereocenters. The van der Waals surface area contributed by atoms with E-state index in [1.807, 2.05) is 12.1 Å². The Hall–Kier alpha value is -3.31. The van der Waals surface area contributed by atoms with E-state index in [1.54, 1.807) is 7.11 Å². The Bertz CT molecular complexity index is 1130. The topological polar surface area (TPSA) is 46.1 Å². The molecule has 5 heteroatoms. The molecule has 1 saturated heterocycles. The zero-order chi connectivity index (χ0) is 22.6. The highest BCUT2D eigenvalue weighted by molar-refractivity contribution is 5.90. The lowest BCUT2D eigenvalue weighted by Gasteiger charge is -2.34. The van der Waals surface area contributed by atoms with Gasteiger partial charge >= 0.3 is 0 Å². The first kappa shape index (κ1) is 21.5. The van der Waals surface area contributed by atoms with Crippen molar-refractivity contribution in [3.8, 4) is 11.5 Å². The molecule has 2 aliphatic rings. The van der Waals surface area contributed by atoms with E-state index in [-0.39, 0.29) is 6.04 Å². The van der Waals surface area contributed by atoms with Crippen molar-refractivity contribution in [1.82, 2.24) is 10.3 Å². The molecule has 1 N–H and O–H groups in total. The molecule has 1 fully saturated rings. The van der Waals surface area contributed by atoms with Crippen LogP contribution in [0.25, 0.3) is 0 Å². The second-order valence-corrected chi connectivity index (χ2v) is 8.94. The summed E-state index contributed by atoms with van der Waals surface area (Å²) in [5.74, 6) is 1.87. The van der Waals surface area contributed by atoms with E-state index >= 15 is 0 Å². The van der Waals surface area contributed by atoms with Gasteiger partial charge in [0, 0.05) is 43.2 Å². The first-order valence-electron chi connectivity index (χ1n) is 11.6. The number of nitrogens with zero attached hydrogens (tertiary/aromatic N) is 2. The van der Waals surface area contributed by atoms with Gasteiger partial charge in [0.2, 0.25) is 0 Å². The Morgan fingerprint density at radius 1 is 1.00 bits per heavy atom. The summed E-state index contributed by atoms with van der Waals surface area (Å²) < 4.78 is 12.1. The highest BCUT2D eigenvalue weighted by Gasteiger charge is 2.38. The van der Waals surface area contributed by atoms with Crippen LogP contribution in [0.15, 0.2) is 77.9 Å². The number of ether oxygens (including phenoxy) is 2. The highest BCUT2D eigenvalue weighted by atomic mass is 16.5. The Balaban J connectivity index is 1.37. The predicted octanol–water partition coefficient (Wildman–Crippen LogP) is 5.11. The second kappa shape index (κ2) is 9.67. The number of hydrogen-bond donors (Lipinski definition) is 1. The van der Waals surface area contributed by atoms with E-state index in [0.29, 0.717) is 12.5 Å². The van der Waals surface area contributed by atoms with Gasteiger partial charge in [0.25, 0.3) is 0 Å². The molecule has 0 radical (unpaired) electrons. The van der Waals surface area contributed by atoms with E-state index in [1.165, 1.54) is 16.8 Å². The predicted molar refractivity (Wildman–Crippen MR) is 132 cm³/mol. The minimum atomic E-state index is 0.0705. The third-order valence-corrected chi connectivity index (χ3v) is 6.60. The number of nitrogens with one attached hydrogen (secondary N) is 1. The maximum absolute atomic E-state index is 6.39. The summed E-state index contributed by atoms with van der Waals surface area (Å²) >= 11 is 0. The van der Waals surface area contributed by atoms with Crippen LogP contribution in [0.2, 0.25) is 0 Å². The average molecular weight is 442 g/mol. The molecule has 3 aromatic carbocycles. The highest BCUT2D eigenvalue weighted by Crippen LogP contribution is 2.41. The van der Waals surface area contributed by atoms with Crippen molar-refractivity contribution in [3.05, 3.63) is 95.1 Å². The van der Waals surface area contributed by atoms with Crippen molar-refractivity contribution in [2.24, 2.45) is 11.0 Å². The molecule has 0 bridgehead atoms. The van der Waals surface area contributed by atoms with Crippen LogP contribution in [-0.4, -0.2) is 30.8 Å². The van der Waals surface area contributed by atoms with Gasteiger partial charge in [-0.2, -0.15) is 5.10 Å². The number of piperidine rings is 1. The summed E-state index contributed by atoms with van der Waals surface area (Å²) in [7, 11) is 1.70. The maximum atomic E-state index is 6.39. The van der Waals surface area contributed by atoms with Crippen LogP contribution in [0.1, 0.15) is 34.7 Å². The van der Waals surface area contributed by atoms with Gasteiger partial charge < -0.3 is 14.9 Å². The van der Waals surface area contributed by atoms with Gasteiger partial charge in [-0.15, -0.1) is 0 Å². The standard InChI is InChI=1S/C28H31N3O2/c1-20-8-6-11-22(16-20)19-33-28-23(12-7-13-26(28)32-2)27-24-18-31(15-14-25(24)29-30-27)17-21-9-4-3-5-10-21/h3-13,16,24,27,30H,14-15,17-19H2,1-2H3. The molecular formula is C28H31N3O2. The zero-order valence-electron chi connectivity index (χ0n) is 19.3. The summed E-state index contributed by atoms with van der Waals surface area (Å²) in [4.78, 5) is 2.53. The van der Waals surface area contributed by atoms with E-state index in [9.17, 15) is 0 Å². The third-order valence-electron chi connectivity index (χ3n) is 6.60. The smallest absolute Gasteiger partial charge is 0.167 e. The van der Waals surface area contributed by atoms with Crippen molar-refractivity contribution in [1.29, 1.82) is 0 Å². The lowest BCUT2D eigenvalue weighted by Crippen LogP contribution is -2.41. The largest absolute Gasteiger partial charge is 0.493 e. The third kappa shape index (κ3) is 4.74. The molecule has 0 aliphatic carbocycles. The van der Waals surface area contributed by atoms with Gasteiger partial charge in [-0.1, -0.05) is 72.3 Å². The van der Waals surface area contributed by atoms with Gasteiger partial charge in [-0.05, 0) is 24.1 Å². The van der Waals surface area contributed by atoms with Crippen LogP contribution in [0.3, 0.4) is 0 Å². The zero-order valence-corrected chi connectivity index (χ0v) is 19.3. The van der Waals surface area contributed by atoms with Crippen molar-refractivity contribution >= 4 is 5.71 Å². The van der Waals surface area contributed by atoms with E-state index in [0.717, 1.165) is 48.7 Å². The summed E-state index contributed by atoms with van der Waals surface area (Å²) in [6.07, 6.45) is 0.991. The van der Waals surface area contributed by atoms with Crippen LogP contribution in [0.4, 0.5) is 0 Å². The minimum absolute atomic E-state index is 0.0705. The SMILES string of the molecule is COc1cccc(C2NN=C3CCN(Cc4ccccc4)CC32)c1OCc1cccc(C)c1. The summed E-state index contributed by atoms with van der Waals surface area (Å²) in [5.41, 5.74) is 9.52. The Kier molecular flexibility index (Phi) is 6.31. The molecule has 170 valence electrons. The number of para-hydroxylation sites is 1. The molecule has 0 aromatic heterocycles. The number of fused-ring (bicyclic) bond motifs is 1. The fourth-order valence-corrected chi connectivity index (χ4v) is 4.93. The van der Waals surface area contributed by atoms with Gasteiger partial charge in [-0.3, -0.25) is 4.90 Å². The van der Waals surface area contributed by atoms with Crippen molar-refractivity contribution in [2.45, 2.75) is 32.5 Å². The summed E-state index contributed by atoms with van der Waals surface area (Å²) in [5, 5.41) is 4.73. The molecule has 33 heavy (non-hydrogen) atoms. The number of methoxy groups -OCH3 is 1. The molecular weight excluding hydrogens is 410 g/mol. The monoisotopic (exact) mass is 441 g/mol. The molecule has 2 unspecified atom stereocenters. The lowest BCUT2D eigenvalue weighted by atomic mass is 9.85. The van der Waals surface area contributed by atoms with E-state index < -0.39 is 0 Å². The molecule has 2 heterocycles. The van der Waals surface area contributed by atoms with Crippen LogP contribution >= 0.6 is 0 Å². The fraction of sp³-hybridized carbons (Fsp3) is 0.321. The number of hydrazone groups is 1. The Labute approximate surface area is 196 Å². The van der Waals surface area contributed by atoms with Crippen LogP contribution < -0.4 is 14.9 Å². The second-order valence-electron chi connectivity index (χ2n) is 8.94. The van der Waals surface area contributed by atoms with Crippen molar-refractivity contribution in [3.63, 3.8) is 0 Å². The number of aryl methyl sites for hydroxylation is 1. The van der Waals surface area contributed by atoms with Crippen LogP contribution in [0.5, 0.6) is 11.5 Å². The lowest BCUT2D eigenvalue weighted by molar-refractivity contribution is 0.216. The number of likely N-dealkylation sites (tertiary alicyclic amines) is 1. The molecule has 2 aliphatic heterocycles. The van der Waals surface area contributed by atoms with Gasteiger partial charge in [0.1, 0.15) is 6.61 Å². The molecule has 0 spiro atoms. The van der Waals surface area contributed by atoms with Crippen molar-refractivity contribution < 1.29 is 9.47 Å². The van der Waals surface area contributed by atoms with Gasteiger partial charge in [0.05, 0.1) is 13.2 Å². The first-order chi connectivity index (χ1) is 16.2. The Morgan fingerprint density at radius 3 is 2.64 bits per heavy atom. The maximum Gasteiger partial charge on any atom is 0.167 e. The molecule has 5 nitrogen and oxygen atoms in total. The van der Waals surface area contributed by atoms with E-state index in [2.05, 4.69) is 77.9 Å². The quantitative estimate of drug-likeness (QED) is 0.554. The summed E-state index contributed by atoms with van der Waals surface area (Å²) in [6, 6.07) is 25.3. The minimum Gasteiger partial charge on any atom is -0.493 e. The molecule has 3 aromatic rings. The summed E-state index contributed by atoms with van der Waals surface area (Å²) in [6.45, 7) is 5.57. The average Bonchev–Trinajstić information content (AvgIpc) is 3.26. The van der Waals surface area contributed by atoms with Gasteiger partial charge in [0.15, 0.2) is 11.5 Å². The molecule has 0 amide bonds. The van der Waals surface area contributed by atoms with Crippen molar-refractivity contribution in [2.75, 3.05) is 20.2 Å². The van der Waals surface area contributed by atoms with Gasteiger partial charge in [-0.25, -0.2) is 0 Å².